The highest BCUT2D eigenvalue weighted by molar-refractivity contribution is 9.10. The average molecular weight is 350 g/mol. The largest absolute Gasteiger partial charge is 0.503 e. The number of hydrogen-bond acceptors (Lipinski definition) is 5. The lowest BCUT2D eigenvalue weighted by molar-refractivity contribution is 0.372. The molecule has 0 atom stereocenters. The van der Waals surface area contributed by atoms with Crippen LogP contribution in [0, 0.1) is 0 Å². The molecule has 3 N–H and O–H groups in total. The number of rotatable bonds is 2. The smallest absolute Gasteiger partial charge is 0.172 e. The van der Waals surface area contributed by atoms with E-state index < -0.39 is 0 Å². The Kier molecular flexibility index (Phi) is 3.71. The lowest BCUT2D eigenvalue weighted by Gasteiger charge is -2.17. The van der Waals surface area contributed by atoms with Crippen LogP contribution in [0.3, 0.4) is 0 Å². The fourth-order valence-corrected chi connectivity index (χ4v) is 3.05. The van der Waals surface area contributed by atoms with Crippen molar-refractivity contribution in [2.75, 3.05) is 12.8 Å². The SMILES string of the molecule is COc1cc(-c2nc(N)c3c(n2)CCCC3)cc(Br)c1O. The molecule has 0 saturated carbocycles. The second-order valence-electron chi connectivity index (χ2n) is 5.07. The van der Waals surface area contributed by atoms with Crippen LogP contribution in [0.4, 0.5) is 5.82 Å². The molecule has 0 radical (unpaired) electrons. The molecular formula is C15H16BrN3O2. The molecule has 0 fully saturated rings. The van der Waals surface area contributed by atoms with Gasteiger partial charge in [0.1, 0.15) is 5.82 Å². The molecule has 1 aliphatic carbocycles. The number of nitrogens with two attached hydrogens (primary N) is 1. The van der Waals surface area contributed by atoms with Crippen molar-refractivity contribution in [3.05, 3.63) is 27.9 Å². The van der Waals surface area contributed by atoms with Crippen LogP contribution in [0.25, 0.3) is 11.4 Å². The number of aryl methyl sites for hydroxylation is 1. The zero-order valence-corrected chi connectivity index (χ0v) is 13.3. The first-order chi connectivity index (χ1) is 10.1. The first-order valence-corrected chi connectivity index (χ1v) is 7.61. The number of ether oxygens (including phenoxy) is 1. The molecule has 5 nitrogen and oxygen atoms in total. The minimum atomic E-state index is 0.0622. The molecule has 0 unspecified atom stereocenters. The van der Waals surface area contributed by atoms with Gasteiger partial charge in [-0.3, -0.25) is 0 Å². The Labute approximate surface area is 131 Å². The summed E-state index contributed by atoms with van der Waals surface area (Å²) in [7, 11) is 1.51. The van der Waals surface area contributed by atoms with E-state index in [0.29, 0.717) is 21.9 Å². The summed E-state index contributed by atoms with van der Waals surface area (Å²) in [6.07, 6.45) is 4.15. The van der Waals surface area contributed by atoms with Gasteiger partial charge in [0.25, 0.3) is 0 Å². The molecule has 0 saturated heterocycles. The van der Waals surface area contributed by atoms with Crippen LogP contribution in [0.2, 0.25) is 0 Å². The van der Waals surface area contributed by atoms with Crippen LogP contribution in [-0.4, -0.2) is 22.2 Å². The fourth-order valence-electron chi connectivity index (χ4n) is 2.61. The third kappa shape index (κ3) is 2.55. The van der Waals surface area contributed by atoms with E-state index in [2.05, 4.69) is 25.9 Å². The number of fused-ring (bicyclic) bond motifs is 1. The fraction of sp³-hybridized carbons (Fsp3) is 0.333. The molecule has 1 aromatic carbocycles. The molecule has 0 amide bonds. The van der Waals surface area contributed by atoms with E-state index >= 15 is 0 Å². The van der Waals surface area contributed by atoms with Crippen molar-refractivity contribution < 1.29 is 9.84 Å². The van der Waals surface area contributed by atoms with Gasteiger partial charge in [0, 0.05) is 16.8 Å². The maximum absolute atomic E-state index is 9.88. The third-order valence-electron chi connectivity index (χ3n) is 3.72. The number of phenols is 1. The number of hydrogen-bond donors (Lipinski definition) is 2. The first kappa shape index (κ1) is 14.1. The number of methoxy groups -OCH3 is 1. The van der Waals surface area contributed by atoms with Gasteiger partial charge in [-0.05, 0) is 53.7 Å². The lowest BCUT2D eigenvalue weighted by atomic mass is 9.96. The molecule has 1 aliphatic rings. The van der Waals surface area contributed by atoms with Gasteiger partial charge < -0.3 is 15.6 Å². The molecule has 3 rings (SSSR count). The van der Waals surface area contributed by atoms with Crippen molar-refractivity contribution in [3.8, 4) is 22.9 Å². The van der Waals surface area contributed by atoms with Gasteiger partial charge in [-0.2, -0.15) is 0 Å². The predicted molar refractivity (Wildman–Crippen MR) is 84.4 cm³/mol. The number of aromatic hydroxyl groups is 1. The van der Waals surface area contributed by atoms with Gasteiger partial charge in [-0.1, -0.05) is 0 Å². The van der Waals surface area contributed by atoms with Crippen molar-refractivity contribution in [2.45, 2.75) is 25.7 Å². The Bertz CT molecular complexity index is 704. The highest BCUT2D eigenvalue weighted by atomic mass is 79.9. The zero-order chi connectivity index (χ0) is 15.0. The molecule has 0 aliphatic heterocycles. The van der Waals surface area contributed by atoms with Crippen LogP contribution in [0.5, 0.6) is 11.5 Å². The Hall–Kier alpha value is -1.82. The van der Waals surface area contributed by atoms with Crippen molar-refractivity contribution >= 4 is 21.7 Å². The Morgan fingerprint density at radius 3 is 2.76 bits per heavy atom. The lowest BCUT2D eigenvalue weighted by Crippen LogP contribution is -2.11. The average Bonchev–Trinajstić information content (AvgIpc) is 2.50. The molecule has 0 bridgehead atoms. The Morgan fingerprint density at radius 2 is 2.00 bits per heavy atom. The van der Waals surface area contributed by atoms with Crippen LogP contribution < -0.4 is 10.5 Å². The maximum Gasteiger partial charge on any atom is 0.172 e. The van der Waals surface area contributed by atoms with Crippen molar-refractivity contribution in [2.24, 2.45) is 0 Å². The zero-order valence-electron chi connectivity index (χ0n) is 11.7. The Morgan fingerprint density at radius 1 is 1.24 bits per heavy atom. The molecular weight excluding hydrogens is 334 g/mol. The normalized spacial score (nSPS) is 13.8. The summed E-state index contributed by atoms with van der Waals surface area (Å²) in [5.74, 6) is 1.55. The van der Waals surface area contributed by atoms with Gasteiger partial charge in [0.15, 0.2) is 17.3 Å². The summed E-state index contributed by atoms with van der Waals surface area (Å²) >= 11 is 3.31. The molecule has 6 heteroatoms. The van der Waals surface area contributed by atoms with E-state index in [9.17, 15) is 5.11 Å². The molecule has 21 heavy (non-hydrogen) atoms. The van der Waals surface area contributed by atoms with Crippen LogP contribution in [0.15, 0.2) is 16.6 Å². The number of halogens is 1. The highest BCUT2D eigenvalue weighted by Crippen LogP contribution is 2.38. The topological polar surface area (TPSA) is 81.3 Å². The second-order valence-corrected chi connectivity index (χ2v) is 5.93. The number of benzene rings is 1. The molecule has 110 valence electrons. The number of nitrogens with zero attached hydrogens (tertiary/aromatic N) is 2. The van der Waals surface area contributed by atoms with Gasteiger partial charge in [-0.15, -0.1) is 0 Å². The first-order valence-electron chi connectivity index (χ1n) is 6.82. The minimum absolute atomic E-state index is 0.0622. The van der Waals surface area contributed by atoms with Crippen LogP contribution in [-0.2, 0) is 12.8 Å². The molecule has 1 aromatic heterocycles. The van der Waals surface area contributed by atoms with Crippen molar-refractivity contribution in [1.29, 1.82) is 0 Å². The van der Waals surface area contributed by atoms with E-state index in [1.165, 1.54) is 7.11 Å². The van der Waals surface area contributed by atoms with E-state index in [0.717, 1.165) is 42.5 Å². The minimum Gasteiger partial charge on any atom is -0.503 e. The Balaban J connectivity index is 2.13. The summed E-state index contributed by atoms with van der Waals surface area (Å²) in [6, 6.07) is 3.48. The van der Waals surface area contributed by atoms with E-state index in [4.69, 9.17) is 10.5 Å². The van der Waals surface area contributed by atoms with Crippen LogP contribution >= 0.6 is 15.9 Å². The molecule has 1 heterocycles. The van der Waals surface area contributed by atoms with Gasteiger partial charge in [-0.25, -0.2) is 9.97 Å². The van der Waals surface area contributed by atoms with Gasteiger partial charge >= 0.3 is 0 Å². The van der Waals surface area contributed by atoms with E-state index in [-0.39, 0.29) is 5.75 Å². The number of aromatic nitrogens is 2. The number of anilines is 1. The van der Waals surface area contributed by atoms with Gasteiger partial charge in [0.2, 0.25) is 0 Å². The van der Waals surface area contributed by atoms with Crippen molar-refractivity contribution in [3.63, 3.8) is 0 Å². The summed E-state index contributed by atoms with van der Waals surface area (Å²) in [6.45, 7) is 0. The predicted octanol–water partition coefficient (Wildman–Crippen LogP) is 3.08. The van der Waals surface area contributed by atoms with Gasteiger partial charge in [0.05, 0.1) is 11.6 Å². The summed E-state index contributed by atoms with van der Waals surface area (Å²) in [5.41, 5.74) is 8.95. The quantitative estimate of drug-likeness (QED) is 0.870. The van der Waals surface area contributed by atoms with Crippen molar-refractivity contribution in [1.82, 2.24) is 9.97 Å². The molecule has 0 spiro atoms. The summed E-state index contributed by atoms with van der Waals surface area (Å²) in [5, 5.41) is 9.88. The second kappa shape index (κ2) is 5.52. The monoisotopic (exact) mass is 349 g/mol. The van der Waals surface area contributed by atoms with E-state index in [1.807, 2.05) is 0 Å². The van der Waals surface area contributed by atoms with Crippen LogP contribution in [0.1, 0.15) is 24.1 Å². The summed E-state index contributed by atoms with van der Waals surface area (Å²) in [4.78, 5) is 9.05. The standard InChI is InChI=1S/C15H16BrN3O2/c1-21-12-7-8(6-10(16)13(12)20)15-18-11-5-3-2-4-9(11)14(17)19-15/h6-7,20H,2-5H2,1H3,(H2,17,18,19). The third-order valence-corrected chi connectivity index (χ3v) is 4.33. The maximum atomic E-state index is 9.88. The van der Waals surface area contributed by atoms with E-state index in [1.54, 1.807) is 12.1 Å². The number of phenolic OH excluding ortho intramolecular Hbond substituents is 1. The highest BCUT2D eigenvalue weighted by Gasteiger charge is 2.18. The summed E-state index contributed by atoms with van der Waals surface area (Å²) < 4.78 is 5.70. The molecule has 2 aromatic rings. The number of nitrogen functional groups attached to an aromatic ring is 1.